The minimum atomic E-state index is 0.589. The van der Waals surface area contributed by atoms with E-state index in [1.165, 1.54) is 11.1 Å². The molecule has 258 valence electrons. The zero-order chi connectivity index (χ0) is 36.6. The maximum atomic E-state index is 6.53. The Balaban J connectivity index is 1.15. The number of hydrogen-bond donors (Lipinski definition) is 0. The minimum absolute atomic E-state index is 0.589. The van der Waals surface area contributed by atoms with Crippen LogP contribution in [0, 0.1) is 0 Å². The third-order valence-electron chi connectivity index (χ3n) is 10.2. The zero-order valence-electron chi connectivity index (χ0n) is 29.8. The predicted octanol–water partition coefficient (Wildman–Crippen LogP) is 13.4. The van der Waals surface area contributed by atoms with Crippen LogP contribution in [-0.2, 0) is 0 Å². The second-order valence-electron chi connectivity index (χ2n) is 13.6. The number of furan rings is 1. The molecule has 0 atom stereocenters. The Morgan fingerprint density at radius 1 is 0.273 bits per heavy atom. The lowest BCUT2D eigenvalue weighted by molar-refractivity contribution is 0.669. The normalized spacial score (nSPS) is 11.3. The van der Waals surface area contributed by atoms with Gasteiger partial charge in [-0.05, 0) is 68.8 Å². The summed E-state index contributed by atoms with van der Waals surface area (Å²) in [6.45, 7) is 0. The van der Waals surface area contributed by atoms with E-state index in [0.29, 0.717) is 17.5 Å². The van der Waals surface area contributed by atoms with Crippen molar-refractivity contribution in [3.05, 3.63) is 200 Å². The van der Waals surface area contributed by atoms with Gasteiger partial charge in [-0.15, -0.1) is 0 Å². The molecule has 8 aromatic carbocycles. The van der Waals surface area contributed by atoms with Crippen LogP contribution in [0.4, 0.5) is 0 Å². The number of benzene rings is 8. The SMILES string of the molecule is c1ccc(-c2ccc(-c3nc(-c4ccccc4)nc(-c4cccc5oc6ccc(-c7cc(-c8ccccc8)ccc7-c7ccccc7)cc6c45)n3)cc2)cc1. The molecule has 55 heavy (non-hydrogen) atoms. The highest BCUT2D eigenvalue weighted by Crippen LogP contribution is 2.41. The van der Waals surface area contributed by atoms with Crippen molar-refractivity contribution in [3.8, 4) is 78.7 Å². The standard InChI is InChI=1S/C51H33N3O/c1-5-14-34(15-6-1)36-24-26-39(27-25-36)50-52-49(38-20-11-4-12-21-38)53-51(54-50)43-22-13-23-47-48(43)45-33-41(29-31-46(45)55-47)44-32-40(35-16-7-2-8-17-35)28-30-42(44)37-18-9-3-10-19-37/h1-33H. The van der Waals surface area contributed by atoms with Crippen LogP contribution in [-0.4, -0.2) is 15.0 Å². The van der Waals surface area contributed by atoms with Crippen molar-refractivity contribution in [2.45, 2.75) is 0 Å². The maximum absolute atomic E-state index is 6.53. The van der Waals surface area contributed by atoms with Crippen molar-refractivity contribution in [2.75, 3.05) is 0 Å². The van der Waals surface area contributed by atoms with Crippen molar-refractivity contribution in [3.63, 3.8) is 0 Å². The fourth-order valence-corrected chi connectivity index (χ4v) is 7.43. The van der Waals surface area contributed by atoms with Gasteiger partial charge in [0.1, 0.15) is 11.2 Å². The molecule has 0 radical (unpaired) electrons. The molecule has 0 fully saturated rings. The molecule has 0 saturated heterocycles. The Morgan fingerprint density at radius 3 is 1.42 bits per heavy atom. The second-order valence-corrected chi connectivity index (χ2v) is 13.6. The molecule has 0 bridgehead atoms. The van der Waals surface area contributed by atoms with E-state index in [0.717, 1.165) is 72.0 Å². The van der Waals surface area contributed by atoms with Crippen LogP contribution >= 0.6 is 0 Å². The Kier molecular flexibility index (Phi) is 8.12. The van der Waals surface area contributed by atoms with E-state index in [1.54, 1.807) is 0 Å². The molecule has 0 spiro atoms. The summed E-state index contributed by atoms with van der Waals surface area (Å²) in [7, 11) is 0. The van der Waals surface area contributed by atoms with Crippen LogP contribution < -0.4 is 0 Å². The van der Waals surface area contributed by atoms with Crippen molar-refractivity contribution in [1.82, 2.24) is 15.0 Å². The number of fused-ring (bicyclic) bond motifs is 3. The predicted molar refractivity (Wildman–Crippen MR) is 225 cm³/mol. The van der Waals surface area contributed by atoms with Gasteiger partial charge in [0.15, 0.2) is 17.5 Å². The summed E-state index contributed by atoms with van der Waals surface area (Å²) < 4.78 is 6.53. The molecule has 10 rings (SSSR count). The molecule has 0 aliphatic rings. The third kappa shape index (κ3) is 6.16. The number of hydrogen-bond acceptors (Lipinski definition) is 4. The summed E-state index contributed by atoms with van der Waals surface area (Å²) in [6, 6.07) is 69.4. The molecule has 0 saturated carbocycles. The lowest BCUT2D eigenvalue weighted by atomic mass is 9.90. The first kappa shape index (κ1) is 32.2. The van der Waals surface area contributed by atoms with Gasteiger partial charge in [-0.1, -0.05) is 176 Å². The van der Waals surface area contributed by atoms with E-state index in [2.05, 4.69) is 152 Å². The Labute approximate surface area is 319 Å². The van der Waals surface area contributed by atoms with Crippen LogP contribution in [0.5, 0.6) is 0 Å². The number of rotatable bonds is 7. The van der Waals surface area contributed by atoms with Gasteiger partial charge in [0.05, 0.1) is 0 Å². The first-order chi connectivity index (χ1) is 27.2. The topological polar surface area (TPSA) is 51.8 Å². The second kappa shape index (κ2) is 13.8. The van der Waals surface area contributed by atoms with E-state index in [4.69, 9.17) is 19.4 Å². The van der Waals surface area contributed by atoms with Crippen LogP contribution in [0.2, 0.25) is 0 Å². The molecule has 0 unspecified atom stereocenters. The van der Waals surface area contributed by atoms with E-state index in [9.17, 15) is 0 Å². The van der Waals surface area contributed by atoms with Crippen LogP contribution in [0.15, 0.2) is 205 Å². The summed E-state index contributed by atoms with van der Waals surface area (Å²) in [5.74, 6) is 1.81. The van der Waals surface area contributed by atoms with Crippen LogP contribution in [0.25, 0.3) is 101 Å². The first-order valence-electron chi connectivity index (χ1n) is 18.4. The molecule has 2 aromatic heterocycles. The monoisotopic (exact) mass is 703 g/mol. The van der Waals surface area contributed by atoms with Gasteiger partial charge >= 0.3 is 0 Å². The number of nitrogens with zero attached hydrogens (tertiary/aromatic N) is 3. The molecule has 4 heteroatoms. The summed E-state index contributed by atoms with van der Waals surface area (Å²) in [5, 5.41) is 1.97. The summed E-state index contributed by atoms with van der Waals surface area (Å²) in [4.78, 5) is 15.3. The van der Waals surface area contributed by atoms with Gasteiger partial charge in [-0.2, -0.15) is 0 Å². The van der Waals surface area contributed by atoms with Gasteiger partial charge in [0.2, 0.25) is 0 Å². The molecule has 10 aromatic rings. The van der Waals surface area contributed by atoms with E-state index < -0.39 is 0 Å². The van der Waals surface area contributed by atoms with Crippen molar-refractivity contribution < 1.29 is 4.42 Å². The zero-order valence-corrected chi connectivity index (χ0v) is 29.8. The van der Waals surface area contributed by atoms with Crippen LogP contribution in [0.3, 0.4) is 0 Å². The lowest BCUT2D eigenvalue weighted by Gasteiger charge is -2.14. The van der Waals surface area contributed by atoms with E-state index in [1.807, 2.05) is 48.5 Å². The van der Waals surface area contributed by atoms with Crippen molar-refractivity contribution in [1.29, 1.82) is 0 Å². The molecule has 0 aliphatic carbocycles. The molecule has 0 aliphatic heterocycles. The fraction of sp³-hybridized carbons (Fsp3) is 0. The smallest absolute Gasteiger partial charge is 0.164 e. The van der Waals surface area contributed by atoms with E-state index >= 15 is 0 Å². The third-order valence-corrected chi connectivity index (χ3v) is 10.2. The number of aromatic nitrogens is 3. The summed E-state index contributed by atoms with van der Waals surface area (Å²) >= 11 is 0. The Bertz CT molecular complexity index is 2940. The molecule has 2 heterocycles. The first-order valence-corrected chi connectivity index (χ1v) is 18.4. The average Bonchev–Trinajstić information content (AvgIpc) is 3.66. The fourth-order valence-electron chi connectivity index (χ4n) is 7.43. The summed E-state index contributed by atoms with van der Waals surface area (Å²) in [6.07, 6.45) is 0. The minimum Gasteiger partial charge on any atom is -0.456 e. The maximum Gasteiger partial charge on any atom is 0.164 e. The van der Waals surface area contributed by atoms with Gasteiger partial charge in [0, 0.05) is 27.5 Å². The average molecular weight is 704 g/mol. The Morgan fingerprint density at radius 2 is 0.764 bits per heavy atom. The highest BCUT2D eigenvalue weighted by atomic mass is 16.3. The van der Waals surface area contributed by atoms with Crippen LogP contribution in [0.1, 0.15) is 0 Å². The highest BCUT2D eigenvalue weighted by Gasteiger charge is 2.19. The molecular weight excluding hydrogens is 671 g/mol. The lowest BCUT2D eigenvalue weighted by Crippen LogP contribution is -2.00. The van der Waals surface area contributed by atoms with E-state index in [-0.39, 0.29) is 0 Å². The van der Waals surface area contributed by atoms with Gasteiger partial charge in [0.25, 0.3) is 0 Å². The Hall–Kier alpha value is -7.43. The van der Waals surface area contributed by atoms with Gasteiger partial charge < -0.3 is 4.42 Å². The van der Waals surface area contributed by atoms with Crippen molar-refractivity contribution in [2.24, 2.45) is 0 Å². The largest absolute Gasteiger partial charge is 0.456 e. The quantitative estimate of drug-likeness (QED) is 0.166. The molecular formula is C51H33N3O. The highest BCUT2D eigenvalue weighted by molar-refractivity contribution is 6.13. The van der Waals surface area contributed by atoms with Gasteiger partial charge in [-0.3, -0.25) is 0 Å². The molecule has 0 N–H and O–H groups in total. The van der Waals surface area contributed by atoms with Crippen molar-refractivity contribution >= 4 is 21.9 Å². The summed E-state index contributed by atoms with van der Waals surface area (Å²) in [5.41, 5.74) is 13.5. The van der Waals surface area contributed by atoms with Gasteiger partial charge in [-0.25, -0.2) is 15.0 Å². The molecule has 4 nitrogen and oxygen atoms in total. The molecule has 0 amide bonds.